The highest BCUT2D eigenvalue weighted by atomic mass is 35.5. The maximum atomic E-state index is 10.8. The summed E-state index contributed by atoms with van der Waals surface area (Å²) in [6.07, 6.45) is 1.54. The zero-order valence-electron chi connectivity index (χ0n) is 9.43. The van der Waals surface area contributed by atoms with E-state index in [-0.39, 0.29) is 10.7 Å². The van der Waals surface area contributed by atoms with Gasteiger partial charge in [-0.2, -0.15) is 5.10 Å². The first-order valence-electron chi connectivity index (χ1n) is 5.10. The normalized spacial score (nSPS) is 10.6. The van der Waals surface area contributed by atoms with Crippen LogP contribution in [0.25, 0.3) is 0 Å². The Labute approximate surface area is 113 Å². The van der Waals surface area contributed by atoms with Gasteiger partial charge in [-0.3, -0.25) is 14.8 Å². The van der Waals surface area contributed by atoms with Crippen LogP contribution in [-0.4, -0.2) is 14.7 Å². The van der Waals surface area contributed by atoms with Gasteiger partial charge < -0.3 is 0 Å². The number of nitrogens with zero attached hydrogens (tertiary/aromatic N) is 3. The predicted octanol–water partition coefficient (Wildman–Crippen LogP) is 3.45. The molecule has 18 heavy (non-hydrogen) atoms. The van der Waals surface area contributed by atoms with Gasteiger partial charge in [0.05, 0.1) is 28.4 Å². The molecule has 5 nitrogen and oxygen atoms in total. The van der Waals surface area contributed by atoms with Crippen molar-refractivity contribution in [2.24, 2.45) is 0 Å². The van der Waals surface area contributed by atoms with Crippen molar-refractivity contribution in [3.63, 3.8) is 0 Å². The highest BCUT2D eigenvalue weighted by molar-refractivity contribution is 6.32. The predicted molar refractivity (Wildman–Crippen MR) is 69.2 cm³/mol. The van der Waals surface area contributed by atoms with Crippen molar-refractivity contribution in [1.82, 2.24) is 9.78 Å². The fourth-order valence-corrected chi connectivity index (χ4v) is 1.88. The molecule has 0 atom stereocenters. The van der Waals surface area contributed by atoms with E-state index in [2.05, 4.69) is 5.10 Å². The van der Waals surface area contributed by atoms with Crippen molar-refractivity contribution in [2.45, 2.75) is 13.5 Å². The minimum Gasteiger partial charge on any atom is -0.264 e. The second-order valence-electron chi connectivity index (χ2n) is 3.78. The first-order chi connectivity index (χ1) is 8.49. The van der Waals surface area contributed by atoms with E-state index in [1.165, 1.54) is 12.1 Å². The number of nitro groups is 1. The van der Waals surface area contributed by atoms with Gasteiger partial charge in [-0.15, -0.1) is 0 Å². The van der Waals surface area contributed by atoms with E-state index >= 15 is 0 Å². The first kappa shape index (κ1) is 12.9. The molecular formula is C11H9Cl2N3O2. The van der Waals surface area contributed by atoms with Crippen molar-refractivity contribution < 1.29 is 4.92 Å². The van der Waals surface area contributed by atoms with Crippen LogP contribution in [0.4, 0.5) is 5.69 Å². The third kappa shape index (κ3) is 2.47. The molecule has 0 N–H and O–H groups in total. The van der Waals surface area contributed by atoms with Crippen LogP contribution < -0.4 is 0 Å². The Morgan fingerprint density at radius 3 is 2.67 bits per heavy atom. The lowest BCUT2D eigenvalue weighted by molar-refractivity contribution is -0.384. The smallest absolute Gasteiger partial charge is 0.264 e. The Morgan fingerprint density at radius 2 is 2.11 bits per heavy atom. The number of rotatable bonds is 3. The van der Waals surface area contributed by atoms with Crippen LogP contribution in [-0.2, 0) is 6.54 Å². The van der Waals surface area contributed by atoms with Crippen LogP contribution >= 0.6 is 23.2 Å². The Balaban J connectivity index is 2.33. The van der Waals surface area contributed by atoms with Crippen molar-refractivity contribution in [1.29, 1.82) is 0 Å². The van der Waals surface area contributed by atoms with Gasteiger partial charge in [-0.05, 0) is 18.6 Å². The lowest BCUT2D eigenvalue weighted by atomic mass is 10.2. The molecule has 0 saturated heterocycles. The van der Waals surface area contributed by atoms with Gasteiger partial charge in [0.1, 0.15) is 5.02 Å². The Morgan fingerprint density at radius 1 is 1.39 bits per heavy atom. The summed E-state index contributed by atoms with van der Waals surface area (Å²) in [6.45, 7) is 2.25. The molecule has 0 bridgehead atoms. The summed E-state index contributed by atoms with van der Waals surface area (Å²) in [7, 11) is 0. The molecule has 2 rings (SSSR count). The summed E-state index contributed by atoms with van der Waals surface area (Å²) in [5.41, 5.74) is 1.45. The topological polar surface area (TPSA) is 61.0 Å². The van der Waals surface area contributed by atoms with Crippen LogP contribution in [0, 0.1) is 17.0 Å². The van der Waals surface area contributed by atoms with Gasteiger partial charge in [0.25, 0.3) is 5.69 Å². The second kappa shape index (κ2) is 4.96. The summed E-state index contributed by atoms with van der Waals surface area (Å²) in [4.78, 5) is 10.3. The molecule has 0 aliphatic heterocycles. The Bertz CT molecular complexity index is 610. The molecule has 1 heterocycles. The van der Waals surface area contributed by atoms with Gasteiger partial charge in [0.2, 0.25) is 0 Å². The number of benzene rings is 1. The van der Waals surface area contributed by atoms with E-state index in [0.717, 1.165) is 11.3 Å². The third-order valence-corrected chi connectivity index (χ3v) is 3.27. The van der Waals surface area contributed by atoms with E-state index in [0.29, 0.717) is 11.6 Å². The molecule has 0 aliphatic carbocycles. The molecule has 1 aromatic heterocycles. The molecular weight excluding hydrogens is 277 g/mol. The fraction of sp³-hybridized carbons (Fsp3) is 0.182. The van der Waals surface area contributed by atoms with E-state index in [9.17, 15) is 10.1 Å². The van der Waals surface area contributed by atoms with E-state index in [4.69, 9.17) is 23.2 Å². The Kier molecular flexibility index (Phi) is 3.54. The van der Waals surface area contributed by atoms with Crippen molar-refractivity contribution in [2.75, 3.05) is 0 Å². The molecule has 7 heteroatoms. The Hall–Kier alpha value is -1.59. The minimum absolute atomic E-state index is 0.106. The highest BCUT2D eigenvalue weighted by Gasteiger charge is 2.13. The molecule has 2 aromatic rings. The van der Waals surface area contributed by atoms with E-state index < -0.39 is 4.92 Å². The molecule has 0 amide bonds. The van der Waals surface area contributed by atoms with Crippen molar-refractivity contribution >= 4 is 28.9 Å². The van der Waals surface area contributed by atoms with Crippen molar-refractivity contribution in [3.8, 4) is 0 Å². The third-order valence-electron chi connectivity index (χ3n) is 2.58. The summed E-state index contributed by atoms with van der Waals surface area (Å²) >= 11 is 11.6. The quantitative estimate of drug-likeness (QED) is 0.641. The average molecular weight is 286 g/mol. The molecule has 0 saturated carbocycles. The largest absolute Gasteiger partial charge is 0.288 e. The maximum absolute atomic E-state index is 10.8. The molecule has 94 valence electrons. The first-order valence-corrected chi connectivity index (χ1v) is 5.85. The monoisotopic (exact) mass is 285 g/mol. The van der Waals surface area contributed by atoms with Gasteiger partial charge in [-0.25, -0.2) is 0 Å². The fourth-order valence-electron chi connectivity index (χ4n) is 1.55. The molecule has 0 unspecified atom stereocenters. The summed E-state index contributed by atoms with van der Waals surface area (Å²) in [6, 6.07) is 4.68. The number of aromatic nitrogens is 2. The lowest BCUT2D eigenvalue weighted by Crippen LogP contribution is -2.04. The van der Waals surface area contributed by atoms with Crippen LogP contribution in [0.15, 0.2) is 24.4 Å². The molecule has 1 aromatic carbocycles. The van der Waals surface area contributed by atoms with Gasteiger partial charge in [0.15, 0.2) is 0 Å². The van der Waals surface area contributed by atoms with Gasteiger partial charge in [-0.1, -0.05) is 29.3 Å². The van der Waals surface area contributed by atoms with Crippen LogP contribution in [0.1, 0.15) is 11.3 Å². The highest BCUT2D eigenvalue weighted by Crippen LogP contribution is 2.25. The molecule has 0 fully saturated rings. The minimum atomic E-state index is -0.505. The standard InChI is InChI=1S/C11H9Cl2N3O2/c1-7-10(13)5-14-15(7)6-8-2-3-9(12)11(4-8)16(17)18/h2-5H,6H2,1H3. The summed E-state index contributed by atoms with van der Waals surface area (Å²) < 4.78 is 1.68. The molecule has 0 spiro atoms. The van der Waals surface area contributed by atoms with Gasteiger partial charge >= 0.3 is 0 Å². The zero-order chi connectivity index (χ0) is 13.3. The van der Waals surface area contributed by atoms with E-state index in [1.54, 1.807) is 16.9 Å². The lowest BCUT2D eigenvalue weighted by Gasteiger charge is -2.05. The SMILES string of the molecule is Cc1c(Cl)cnn1Cc1ccc(Cl)c([N+](=O)[O-])c1. The van der Waals surface area contributed by atoms with E-state index in [1.807, 2.05) is 6.92 Å². The van der Waals surface area contributed by atoms with Crippen LogP contribution in [0.2, 0.25) is 10.0 Å². The zero-order valence-corrected chi connectivity index (χ0v) is 10.9. The number of nitro benzene ring substituents is 1. The van der Waals surface area contributed by atoms with Crippen molar-refractivity contribution in [3.05, 3.63) is 55.8 Å². The number of hydrogen-bond acceptors (Lipinski definition) is 3. The van der Waals surface area contributed by atoms with Crippen LogP contribution in [0.3, 0.4) is 0 Å². The second-order valence-corrected chi connectivity index (χ2v) is 4.59. The van der Waals surface area contributed by atoms with Crippen LogP contribution in [0.5, 0.6) is 0 Å². The molecule has 0 aliphatic rings. The number of hydrogen-bond donors (Lipinski definition) is 0. The summed E-state index contributed by atoms with van der Waals surface area (Å²) in [5.74, 6) is 0. The average Bonchev–Trinajstić information content (AvgIpc) is 2.63. The number of halogens is 2. The maximum Gasteiger partial charge on any atom is 0.288 e. The van der Waals surface area contributed by atoms with Gasteiger partial charge in [0, 0.05) is 6.07 Å². The summed E-state index contributed by atoms with van der Waals surface area (Å²) in [5, 5.41) is 15.6. The molecule has 0 radical (unpaired) electrons.